The minimum Gasteiger partial charge on any atom is -0.392 e. The van der Waals surface area contributed by atoms with Gasteiger partial charge in [-0.1, -0.05) is 30.3 Å². The molecule has 0 aromatic heterocycles. The van der Waals surface area contributed by atoms with Crippen molar-refractivity contribution in [3.05, 3.63) is 89.0 Å². The topological polar surface area (TPSA) is 99.1 Å². The second-order valence-corrected chi connectivity index (χ2v) is 16.2. The van der Waals surface area contributed by atoms with Gasteiger partial charge in [-0.3, -0.25) is 0 Å². The van der Waals surface area contributed by atoms with Gasteiger partial charge in [-0.2, -0.15) is 0 Å². The first-order valence-electron chi connectivity index (χ1n) is 14.3. The number of rotatable bonds is 16. The summed E-state index contributed by atoms with van der Waals surface area (Å²) in [5, 5.41) is 18.6. The minimum absolute atomic E-state index is 0.0368. The van der Waals surface area contributed by atoms with Crippen molar-refractivity contribution in [2.45, 2.75) is 52.0 Å². The van der Waals surface area contributed by atoms with Gasteiger partial charge in [0.1, 0.15) is 0 Å². The molecule has 0 fully saturated rings. The summed E-state index contributed by atoms with van der Waals surface area (Å²) in [6.07, 6.45) is 1.85. The Labute approximate surface area is 259 Å². The summed E-state index contributed by atoms with van der Waals surface area (Å²) >= 11 is 0. The largest absolute Gasteiger partial charge is 0.500 e. The molecule has 0 bridgehead atoms. The van der Waals surface area contributed by atoms with Crippen LogP contribution in [0.2, 0.25) is 12.1 Å². The summed E-state index contributed by atoms with van der Waals surface area (Å²) < 4.78 is 32.2. The molecule has 0 heterocycles. The van der Waals surface area contributed by atoms with Crippen molar-refractivity contribution in [2.24, 2.45) is 0 Å². The van der Waals surface area contributed by atoms with E-state index in [0.717, 1.165) is 53.1 Å². The Morgan fingerprint density at radius 2 is 0.860 bits per heavy atom. The highest BCUT2D eigenvalue weighted by Gasteiger charge is 2.39. The molecule has 9 nitrogen and oxygen atoms in total. The number of nitrogens with zero attached hydrogens (tertiary/aromatic N) is 1. The number of unbranched alkanes of at least 4 members (excludes halogenated alkanes) is 1. The highest BCUT2D eigenvalue weighted by molar-refractivity contribution is 6.61. The molecule has 0 spiro atoms. The molecule has 0 radical (unpaired) electrons. The van der Waals surface area contributed by atoms with Gasteiger partial charge in [-0.05, 0) is 85.3 Å². The Kier molecular flexibility index (Phi) is 15.7. The summed E-state index contributed by atoms with van der Waals surface area (Å²) in [4.78, 5) is 2.18. The monoisotopic (exact) mass is 631 g/mol. The van der Waals surface area contributed by atoms with Crippen molar-refractivity contribution >= 4 is 34.7 Å². The molecule has 0 saturated carbocycles. The van der Waals surface area contributed by atoms with E-state index in [1.54, 1.807) is 42.7 Å². The second-order valence-electron chi connectivity index (χ2n) is 10.1. The van der Waals surface area contributed by atoms with Crippen LogP contribution in [0.4, 0.5) is 17.1 Å². The SMILES string of the molecule is CO[Si](CCCC[Si](OC)(OC)OC)(OC)OC.Cc1ccc(N(c2ccc(CO)cc2)c2ccc(CO)cc2)cc1C. The zero-order chi connectivity index (χ0) is 31.9. The van der Waals surface area contributed by atoms with Crippen molar-refractivity contribution in [3.63, 3.8) is 0 Å². The Morgan fingerprint density at radius 3 is 1.16 bits per heavy atom. The summed E-state index contributed by atoms with van der Waals surface area (Å²) in [6.45, 7) is 4.29. The van der Waals surface area contributed by atoms with Crippen LogP contribution in [-0.4, -0.2) is 70.5 Å². The lowest BCUT2D eigenvalue weighted by molar-refractivity contribution is 0.118. The normalized spacial score (nSPS) is 11.7. The molecule has 3 aromatic rings. The van der Waals surface area contributed by atoms with Crippen LogP contribution in [0, 0.1) is 13.8 Å². The third-order valence-corrected chi connectivity index (χ3v) is 13.2. The molecule has 43 heavy (non-hydrogen) atoms. The smallest absolute Gasteiger partial charge is 0.392 e. The molecule has 0 aliphatic rings. The quantitative estimate of drug-likeness (QED) is 0.140. The molecule has 0 atom stereocenters. The maximum Gasteiger partial charge on any atom is 0.500 e. The highest BCUT2D eigenvalue weighted by Crippen LogP contribution is 2.35. The molecule has 0 aliphatic heterocycles. The maximum absolute atomic E-state index is 9.29. The molecular formula is C32H49NO8Si2. The van der Waals surface area contributed by atoms with Gasteiger partial charge in [-0.25, -0.2) is 0 Å². The van der Waals surface area contributed by atoms with Crippen LogP contribution >= 0.6 is 0 Å². The number of benzene rings is 3. The van der Waals surface area contributed by atoms with Crippen LogP contribution in [0.25, 0.3) is 0 Å². The van der Waals surface area contributed by atoms with Crippen LogP contribution in [-0.2, 0) is 39.8 Å². The number of hydrogen-bond acceptors (Lipinski definition) is 9. The average molecular weight is 632 g/mol. The number of hydrogen-bond donors (Lipinski definition) is 2. The van der Waals surface area contributed by atoms with E-state index >= 15 is 0 Å². The lowest BCUT2D eigenvalue weighted by Gasteiger charge is -2.26. The zero-order valence-corrected chi connectivity index (χ0v) is 28.9. The summed E-state index contributed by atoms with van der Waals surface area (Å²) in [5.41, 5.74) is 7.40. The summed E-state index contributed by atoms with van der Waals surface area (Å²) in [5.74, 6) is 0. The van der Waals surface area contributed by atoms with Crippen molar-refractivity contribution in [1.29, 1.82) is 0 Å². The van der Waals surface area contributed by atoms with Crippen LogP contribution in [0.1, 0.15) is 35.1 Å². The Bertz CT molecular complexity index is 1120. The van der Waals surface area contributed by atoms with Crippen LogP contribution in [0.3, 0.4) is 0 Å². The lowest BCUT2D eigenvalue weighted by Crippen LogP contribution is -2.44. The van der Waals surface area contributed by atoms with E-state index in [9.17, 15) is 10.2 Å². The molecule has 0 saturated heterocycles. The third kappa shape index (κ3) is 10.3. The Balaban J connectivity index is 0.000000320. The molecular weight excluding hydrogens is 583 g/mol. The third-order valence-electron chi connectivity index (χ3n) is 7.58. The molecule has 2 N–H and O–H groups in total. The predicted molar refractivity (Wildman–Crippen MR) is 175 cm³/mol. The molecule has 0 aliphatic carbocycles. The lowest BCUT2D eigenvalue weighted by atomic mass is 10.1. The fraction of sp³-hybridized carbons (Fsp3) is 0.438. The van der Waals surface area contributed by atoms with E-state index in [1.165, 1.54) is 11.1 Å². The van der Waals surface area contributed by atoms with Crippen molar-refractivity contribution < 1.29 is 36.8 Å². The minimum atomic E-state index is -2.45. The van der Waals surface area contributed by atoms with E-state index < -0.39 is 17.6 Å². The van der Waals surface area contributed by atoms with Crippen molar-refractivity contribution in [1.82, 2.24) is 0 Å². The van der Waals surface area contributed by atoms with Gasteiger partial charge in [0.05, 0.1) is 13.2 Å². The first-order chi connectivity index (χ1) is 20.7. The average Bonchev–Trinajstić information content (AvgIpc) is 3.06. The van der Waals surface area contributed by atoms with Crippen molar-refractivity contribution in [2.75, 3.05) is 47.6 Å². The number of aliphatic hydroxyl groups excluding tert-OH is 2. The van der Waals surface area contributed by atoms with Gasteiger partial charge in [0.2, 0.25) is 0 Å². The molecule has 3 rings (SSSR count). The Hall–Kier alpha value is -2.43. The van der Waals surface area contributed by atoms with Crippen molar-refractivity contribution in [3.8, 4) is 0 Å². The van der Waals surface area contributed by atoms with Gasteiger partial charge in [0.15, 0.2) is 0 Å². The molecule has 0 unspecified atom stereocenters. The molecule has 3 aromatic carbocycles. The van der Waals surface area contributed by atoms with Crippen LogP contribution in [0.15, 0.2) is 66.7 Å². The predicted octanol–water partition coefficient (Wildman–Crippen LogP) is 6.28. The van der Waals surface area contributed by atoms with Gasteiger partial charge in [0.25, 0.3) is 0 Å². The standard InChI is InChI=1S/C22H23NO2.C10H26O6Si2/c1-16-3-8-22(13-17(16)2)23(20-9-4-18(14-24)5-10-20)21-11-6-19(15-25)7-12-21;1-11-17(12-2,13-3)9-7-8-10-18(14-4,15-5)16-6/h3-13,24-25H,14-15H2,1-2H3;7-10H2,1-6H3. The molecule has 11 heteroatoms. The van der Waals surface area contributed by atoms with E-state index in [2.05, 4.69) is 36.9 Å². The zero-order valence-electron chi connectivity index (χ0n) is 26.9. The second kappa shape index (κ2) is 18.4. The van der Waals surface area contributed by atoms with Crippen LogP contribution < -0.4 is 4.90 Å². The number of anilines is 3. The fourth-order valence-electron chi connectivity index (χ4n) is 4.61. The Morgan fingerprint density at radius 1 is 0.512 bits per heavy atom. The summed E-state index contributed by atoms with van der Waals surface area (Å²) in [6, 6.07) is 23.8. The van der Waals surface area contributed by atoms with Gasteiger partial charge < -0.3 is 41.7 Å². The number of aryl methyl sites for hydroxylation is 2. The van der Waals surface area contributed by atoms with E-state index in [0.29, 0.717) is 0 Å². The van der Waals surface area contributed by atoms with Gasteiger partial charge in [0, 0.05) is 71.8 Å². The summed E-state index contributed by atoms with van der Waals surface area (Å²) in [7, 11) is 4.83. The highest BCUT2D eigenvalue weighted by atomic mass is 28.4. The first-order valence-corrected chi connectivity index (χ1v) is 18.1. The molecule has 238 valence electrons. The maximum atomic E-state index is 9.29. The molecule has 0 amide bonds. The van der Waals surface area contributed by atoms with E-state index in [-0.39, 0.29) is 13.2 Å². The fourth-order valence-corrected chi connectivity index (χ4v) is 8.20. The number of aliphatic hydroxyl groups is 2. The first kappa shape index (κ1) is 36.8. The van der Waals surface area contributed by atoms with Crippen LogP contribution in [0.5, 0.6) is 0 Å². The van der Waals surface area contributed by atoms with E-state index in [1.807, 2.05) is 48.5 Å². The van der Waals surface area contributed by atoms with Gasteiger partial charge in [-0.15, -0.1) is 0 Å². The van der Waals surface area contributed by atoms with E-state index in [4.69, 9.17) is 26.6 Å². The van der Waals surface area contributed by atoms with Gasteiger partial charge >= 0.3 is 17.6 Å².